The number of hydrogen-bond acceptors (Lipinski definition) is 3. The third kappa shape index (κ3) is 1.39. The highest BCUT2D eigenvalue weighted by atomic mass is 19.3. The predicted octanol–water partition coefficient (Wildman–Crippen LogP) is 2.37. The lowest BCUT2D eigenvalue weighted by Gasteiger charge is -2.29. The van der Waals surface area contributed by atoms with Crippen LogP contribution in [0.15, 0.2) is 0 Å². The van der Waals surface area contributed by atoms with E-state index in [1.807, 2.05) is 0 Å². The first kappa shape index (κ1) is 9.99. The fourth-order valence-electron chi connectivity index (χ4n) is 2.39. The Morgan fingerprint density at radius 1 is 1.50 bits per heavy atom. The molecule has 2 aliphatic rings. The summed E-state index contributed by atoms with van der Waals surface area (Å²) in [5, 5.41) is 6.95. The van der Waals surface area contributed by atoms with Crippen LogP contribution in [0, 0.1) is 5.41 Å². The summed E-state index contributed by atoms with van der Waals surface area (Å²) in [6.07, 6.45) is 0.657. The molecule has 1 aliphatic carbocycles. The Bertz CT molecular complexity index is 411. The van der Waals surface area contributed by atoms with Gasteiger partial charge in [0, 0.05) is 6.54 Å². The van der Waals surface area contributed by atoms with Crippen molar-refractivity contribution in [3.8, 4) is 0 Å². The monoisotopic (exact) mass is 228 g/mol. The first-order valence-electron chi connectivity index (χ1n) is 5.59. The van der Waals surface area contributed by atoms with Crippen molar-refractivity contribution in [1.82, 2.24) is 14.8 Å². The van der Waals surface area contributed by atoms with Gasteiger partial charge in [-0.25, -0.2) is 13.5 Å². The van der Waals surface area contributed by atoms with E-state index >= 15 is 0 Å². The quantitative estimate of drug-likeness (QED) is 0.845. The molecule has 1 aromatic rings. The second-order valence-electron chi connectivity index (χ2n) is 4.92. The predicted molar refractivity (Wildman–Crippen MR) is 54.5 cm³/mol. The molecule has 0 saturated heterocycles. The molecule has 1 aliphatic heterocycles. The normalized spacial score (nSPS) is 26.4. The van der Waals surface area contributed by atoms with Crippen molar-refractivity contribution >= 4 is 5.95 Å². The van der Waals surface area contributed by atoms with Crippen molar-refractivity contribution < 1.29 is 8.78 Å². The number of anilines is 1. The molecule has 1 unspecified atom stereocenters. The summed E-state index contributed by atoms with van der Waals surface area (Å²) < 4.78 is 26.7. The van der Waals surface area contributed by atoms with Crippen LogP contribution in [0.4, 0.5) is 14.7 Å². The summed E-state index contributed by atoms with van der Waals surface area (Å²) in [5.41, 5.74) is 0.240. The van der Waals surface area contributed by atoms with E-state index in [0.717, 1.165) is 25.8 Å². The van der Waals surface area contributed by atoms with E-state index in [-0.39, 0.29) is 17.3 Å². The van der Waals surface area contributed by atoms with Gasteiger partial charge >= 0.3 is 0 Å². The van der Waals surface area contributed by atoms with E-state index in [2.05, 4.69) is 22.3 Å². The van der Waals surface area contributed by atoms with Gasteiger partial charge in [0.05, 0.1) is 6.04 Å². The maximum Gasteiger partial charge on any atom is 0.299 e. The average Bonchev–Trinajstić information content (AvgIpc) is 2.84. The van der Waals surface area contributed by atoms with Crippen LogP contribution < -0.4 is 5.32 Å². The molecule has 2 heterocycles. The largest absolute Gasteiger partial charge is 0.354 e. The zero-order chi connectivity index (χ0) is 11.3. The fourth-order valence-corrected chi connectivity index (χ4v) is 2.39. The molecule has 1 N–H and O–H groups in total. The highest BCUT2D eigenvalue weighted by molar-refractivity contribution is 5.29. The van der Waals surface area contributed by atoms with Gasteiger partial charge in [-0.3, -0.25) is 0 Å². The molecular formula is C10H14F2N4. The maximum atomic E-state index is 12.5. The molecule has 88 valence electrons. The van der Waals surface area contributed by atoms with E-state index in [9.17, 15) is 8.78 Å². The molecule has 4 nitrogen and oxygen atoms in total. The van der Waals surface area contributed by atoms with Crippen LogP contribution in [0.1, 0.15) is 44.5 Å². The maximum absolute atomic E-state index is 12.5. The minimum atomic E-state index is -2.59. The van der Waals surface area contributed by atoms with Crippen LogP contribution in [0.2, 0.25) is 0 Å². The topological polar surface area (TPSA) is 42.7 Å². The highest BCUT2D eigenvalue weighted by Crippen LogP contribution is 2.56. The van der Waals surface area contributed by atoms with Gasteiger partial charge in [0.2, 0.25) is 11.8 Å². The lowest BCUT2D eigenvalue weighted by molar-refractivity contribution is 0.138. The molecule has 6 heteroatoms. The fraction of sp³-hybridized carbons (Fsp3) is 0.800. The lowest BCUT2D eigenvalue weighted by atomic mass is 9.95. The third-order valence-electron chi connectivity index (χ3n) is 3.68. The molecule has 16 heavy (non-hydrogen) atoms. The molecule has 1 saturated carbocycles. The SMILES string of the molecule is CC1(C2CCNc3nc(C(F)F)nn32)CC1. The number of nitrogens with one attached hydrogen (secondary N) is 1. The van der Waals surface area contributed by atoms with E-state index in [0.29, 0.717) is 5.95 Å². The van der Waals surface area contributed by atoms with Gasteiger partial charge in [0.25, 0.3) is 6.43 Å². The van der Waals surface area contributed by atoms with Crippen molar-refractivity contribution in [2.45, 2.75) is 38.7 Å². The molecule has 0 aromatic carbocycles. The smallest absolute Gasteiger partial charge is 0.299 e. The Hall–Kier alpha value is -1.20. The molecule has 3 rings (SSSR count). The Labute approximate surface area is 92.0 Å². The summed E-state index contributed by atoms with van der Waals surface area (Å²) in [6, 6.07) is 0.226. The van der Waals surface area contributed by atoms with Gasteiger partial charge in [-0.2, -0.15) is 4.98 Å². The molecule has 1 aromatic heterocycles. The molecule has 0 amide bonds. The molecule has 0 bridgehead atoms. The van der Waals surface area contributed by atoms with E-state index in [4.69, 9.17) is 0 Å². The highest BCUT2D eigenvalue weighted by Gasteiger charge is 2.48. The van der Waals surface area contributed by atoms with Gasteiger partial charge in [-0.15, -0.1) is 5.10 Å². The zero-order valence-corrected chi connectivity index (χ0v) is 9.08. The number of rotatable bonds is 2. The van der Waals surface area contributed by atoms with Crippen LogP contribution in [0.5, 0.6) is 0 Å². The van der Waals surface area contributed by atoms with E-state index in [1.165, 1.54) is 0 Å². The second kappa shape index (κ2) is 3.15. The van der Waals surface area contributed by atoms with Crippen LogP contribution >= 0.6 is 0 Å². The van der Waals surface area contributed by atoms with E-state index < -0.39 is 6.43 Å². The summed E-state index contributed by atoms with van der Waals surface area (Å²) >= 11 is 0. The van der Waals surface area contributed by atoms with Crippen LogP contribution in [-0.4, -0.2) is 21.3 Å². The number of aromatic nitrogens is 3. The molecule has 0 radical (unpaired) electrons. The Kier molecular flexibility index (Phi) is 1.96. The van der Waals surface area contributed by atoms with Crippen molar-refractivity contribution in [2.24, 2.45) is 5.41 Å². The first-order chi connectivity index (χ1) is 7.60. The summed E-state index contributed by atoms with van der Waals surface area (Å²) in [4.78, 5) is 3.83. The molecule has 1 atom stereocenters. The third-order valence-corrected chi connectivity index (χ3v) is 3.68. The summed E-state index contributed by atoms with van der Waals surface area (Å²) in [6.45, 7) is 2.98. The van der Waals surface area contributed by atoms with Gasteiger partial charge in [-0.1, -0.05) is 6.92 Å². The lowest BCUT2D eigenvalue weighted by Crippen LogP contribution is -2.29. The van der Waals surface area contributed by atoms with Gasteiger partial charge in [0.15, 0.2) is 0 Å². The van der Waals surface area contributed by atoms with Crippen LogP contribution in [-0.2, 0) is 0 Å². The van der Waals surface area contributed by atoms with Gasteiger partial charge < -0.3 is 5.32 Å². The first-order valence-corrected chi connectivity index (χ1v) is 5.59. The number of hydrogen-bond donors (Lipinski definition) is 1. The van der Waals surface area contributed by atoms with E-state index in [1.54, 1.807) is 4.68 Å². The van der Waals surface area contributed by atoms with Crippen molar-refractivity contribution in [2.75, 3.05) is 11.9 Å². The molecule has 1 fully saturated rings. The minimum Gasteiger partial charge on any atom is -0.354 e. The summed E-state index contributed by atoms with van der Waals surface area (Å²) in [7, 11) is 0. The van der Waals surface area contributed by atoms with Crippen molar-refractivity contribution in [3.63, 3.8) is 0 Å². The standard InChI is InChI=1S/C10H14F2N4/c1-10(3-4-10)6-2-5-13-9-14-8(7(11)12)15-16(6)9/h6-7H,2-5H2,1H3,(H,13,14,15). The van der Waals surface area contributed by atoms with Crippen molar-refractivity contribution in [1.29, 1.82) is 0 Å². The van der Waals surface area contributed by atoms with Gasteiger partial charge in [-0.05, 0) is 24.7 Å². The number of fused-ring (bicyclic) bond motifs is 1. The average molecular weight is 228 g/mol. The zero-order valence-electron chi connectivity index (χ0n) is 9.08. The minimum absolute atomic E-state index is 0.226. The Balaban J connectivity index is 1.98. The number of nitrogens with zero attached hydrogens (tertiary/aromatic N) is 3. The molecule has 0 spiro atoms. The molecular weight excluding hydrogens is 214 g/mol. The van der Waals surface area contributed by atoms with Gasteiger partial charge in [0.1, 0.15) is 0 Å². The summed E-state index contributed by atoms with van der Waals surface area (Å²) in [5.74, 6) is 0.137. The Morgan fingerprint density at radius 3 is 2.88 bits per heavy atom. The number of halogens is 2. The van der Waals surface area contributed by atoms with Crippen LogP contribution in [0.3, 0.4) is 0 Å². The Morgan fingerprint density at radius 2 is 2.25 bits per heavy atom. The number of alkyl halides is 2. The van der Waals surface area contributed by atoms with Crippen molar-refractivity contribution in [3.05, 3.63) is 5.82 Å². The van der Waals surface area contributed by atoms with Crippen LogP contribution in [0.25, 0.3) is 0 Å². The second-order valence-corrected chi connectivity index (χ2v) is 4.92.